The molecule has 90 valence electrons. The molecule has 3 rings (SSSR count). The van der Waals surface area contributed by atoms with Crippen LogP contribution in [0.3, 0.4) is 0 Å². The van der Waals surface area contributed by atoms with Crippen LogP contribution in [0, 0.1) is 5.92 Å². The van der Waals surface area contributed by atoms with E-state index in [-0.39, 0.29) is 16.6 Å². The summed E-state index contributed by atoms with van der Waals surface area (Å²) < 4.78 is 0. The van der Waals surface area contributed by atoms with Crippen LogP contribution in [0.1, 0.15) is 10.4 Å². The van der Waals surface area contributed by atoms with Gasteiger partial charge in [-0.2, -0.15) is 0 Å². The summed E-state index contributed by atoms with van der Waals surface area (Å²) in [7, 11) is 0. The maximum absolute atomic E-state index is 12.4. The molecule has 0 amide bonds. The predicted octanol–water partition coefficient (Wildman–Crippen LogP) is 2.54. The lowest BCUT2D eigenvalue weighted by atomic mass is 9.84. The number of thioether (sulfide) groups is 1. The molecule has 3 nitrogen and oxygen atoms in total. The number of ketones is 1. The number of carboxylic acid groups (broad SMARTS) is 1. The third-order valence-corrected chi connectivity index (χ3v) is 4.50. The molecule has 2 atom stereocenters. The smallest absolute Gasteiger partial charge is 0.332 e. The van der Waals surface area contributed by atoms with Gasteiger partial charge in [-0.1, -0.05) is 36.4 Å². The average molecular weight is 258 g/mol. The van der Waals surface area contributed by atoms with Crippen molar-refractivity contribution >= 4 is 23.5 Å². The number of carbonyl (C=O) groups is 2. The minimum Gasteiger partial charge on any atom is -0.478 e. The van der Waals surface area contributed by atoms with Crippen molar-refractivity contribution in [2.45, 2.75) is 10.1 Å². The Labute approximate surface area is 108 Å². The first-order valence-corrected chi connectivity index (χ1v) is 6.48. The van der Waals surface area contributed by atoms with Crippen molar-refractivity contribution in [2.75, 3.05) is 0 Å². The SMILES string of the molecule is O=C(O)C1=CC=CC2Sc3ccccc3C(=O)C12. The molecule has 4 heteroatoms. The first-order valence-electron chi connectivity index (χ1n) is 5.60. The highest BCUT2D eigenvalue weighted by atomic mass is 32.2. The van der Waals surface area contributed by atoms with Gasteiger partial charge in [-0.3, -0.25) is 4.79 Å². The zero-order chi connectivity index (χ0) is 12.7. The molecule has 1 N–H and O–H groups in total. The lowest BCUT2D eigenvalue weighted by Crippen LogP contribution is -2.34. The minimum atomic E-state index is -1.01. The Morgan fingerprint density at radius 1 is 1.28 bits per heavy atom. The fourth-order valence-corrected chi connectivity index (χ4v) is 3.67. The van der Waals surface area contributed by atoms with Crippen LogP contribution >= 0.6 is 11.8 Å². The molecule has 0 bridgehead atoms. The monoisotopic (exact) mass is 258 g/mol. The molecule has 0 radical (unpaired) electrons. The van der Waals surface area contributed by atoms with E-state index >= 15 is 0 Å². The lowest BCUT2D eigenvalue weighted by Gasteiger charge is -2.31. The van der Waals surface area contributed by atoms with Crippen molar-refractivity contribution in [2.24, 2.45) is 5.92 Å². The van der Waals surface area contributed by atoms with Crippen molar-refractivity contribution < 1.29 is 14.7 Å². The number of allylic oxidation sites excluding steroid dienone is 2. The van der Waals surface area contributed by atoms with Crippen molar-refractivity contribution in [1.82, 2.24) is 0 Å². The number of benzene rings is 1. The van der Waals surface area contributed by atoms with Crippen molar-refractivity contribution in [1.29, 1.82) is 0 Å². The van der Waals surface area contributed by atoms with E-state index < -0.39 is 11.9 Å². The van der Waals surface area contributed by atoms with Crippen LogP contribution in [-0.4, -0.2) is 22.1 Å². The van der Waals surface area contributed by atoms with Gasteiger partial charge in [0.2, 0.25) is 0 Å². The molecule has 2 aliphatic rings. The Hall–Kier alpha value is -1.81. The summed E-state index contributed by atoms with van der Waals surface area (Å²) in [5.74, 6) is -1.66. The molecule has 1 heterocycles. The van der Waals surface area contributed by atoms with E-state index in [0.717, 1.165) is 4.90 Å². The summed E-state index contributed by atoms with van der Waals surface area (Å²) >= 11 is 1.55. The second kappa shape index (κ2) is 4.14. The maximum atomic E-state index is 12.4. The standard InChI is InChI=1S/C14H10O3S/c15-13-8-4-1-2-6-10(8)18-11-7-3-5-9(12(11)13)14(16)17/h1-7,11-12H,(H,16,17). The van der Waals surface area contributed by atoms with Gasteiger partial charge in [0.05, 0.1) is 5.92 Å². The summed E-state index contributed by atoms with van der Waals surface area (Å²) in [4.78, 5) is 24.5. The van der Waals surface area contributed by atoms with Crippen LogP contribution in [0.2, 0.25) is 0 Å². The molecule has 1 aliphatic carbocycles. The van der Waals surface area contributed by atoms with Crippen molar-refractivity contribution in [3.05, 3.63) is 53.6 Å². The first kappa shape index (κ1) is 11.3. The zero-order valence-corrected chi connectivity index (χ0v) is 10.2. The molecular weight excluding hydrogens is 248 g/mol. The molecule has 0 saturated carbocycles. The van der Waals surface area contributed by atoms with E-state index in [4.69, 9.17) is 0 Å². The summed E-state index contributed by atoms with van der Waals surface area (Å²) in [5.41, 5.74) is 0.820. The number of carbonyl (C=O) groups excluding carboxylic acids is 1. The number of Topliss-reactive ketones (excluding diaryl/α,β-unsaturated/α-hetero) is 1. The molecule has 0 fully saturated rings. The highest BCUT2D eigenvalue weighted by Crippen LogP contribution is 2.43. The number of rotatable bonds is 1. The van der Waals surface area contributed by atoms with E-state index in [1.54, 1.807) is 30.0 Å². The highest BCUT2D eigenvalue weighted by molar-refractivity contribution is 8.00. The third kappa shape index (κ3) is 1.61. The van der Waals surface area contributed by atoms with Gasteiger partial charge in [-0.15, -0.1) is 11.8 Å². The number of hydrogen-bond donors (Lipinski definition) is 1. The Morgan fingerprint density at radius 3 is 2.83 bits per heavy atom. The van der Waals surface area contributed by atoms with Gasteiger partial charge in [-0.25, -0.2) is 4.79 Å². The Bertz CT molecular complexity index is 601. The quantitative estimate of drug-likeness (QED) is 0.841. The summed E-state index contributed by atoms with van der Waals surface area (Å²) in [6.07, 6.45) is 5.14. The third-order valence-electron chi connectivity index (χ3n) is 3.19. The molecule has 0 saturated heterocycles. The topological polar surface area (TPSA) is 54.4 Å². The largest absolute Gasteiger partial charge is 0.478 e. The van der Waals surface area contributed by atoms with Gasteiger partial charge in [0, 0.05) is 21.3 Å². The van der Waals surface area contributed by atoms with Crippen molar-refractivity contribution in [3.63, 3.8) is 0 Å². The second-order valence-corrected chi connectivity index (χ2v) is 5.45. The van der Waals surface area contributed by atoms with Gasteiger partial charge in [0.25, 0.3) is 0 Å². The number of fused-ring (bicyclic) bond motifs is 2. The van der Waals surface area contributed by atoms with E-state index in [9.17, 15) is 14.7 Å². The van der Waals surface area contributed by atoms with Crippen LogP contribution in [0.25, 0.3) is 0 Å². The summed E-state index contributed by atoms with van der Waals surface area (Å²) in [6.45, 7) is 0. The van der Waals surface area contributed by atoms with Gasteiger partial charge in [0.1, 0.15) is 0 Å². The number of aliphatic carboxylic acids is 1. The maximum Gasteiger partial charge on any atom is 0.332 e. The van der Waals surface area contributed by atoms with Gasteiger partial charge in [0.15, 0.2) is 5.78 Å². The van der Waals surface area contributed by atoms with E-state index in [1.807, 2.05) is 18.2 Å². The molecule has 0 spiro atoms. The zero-order valence-electron chi connectivity index (χ0n) is 9.37. The normalized spacial score (nSPS) is 25.1. The molecule has 1 aromatic carbocycles. The summed E-state index contributed by atoms with van der Waals surface area (Å²) in [5, 5.41) is 9.07. The summed E-state index contributed by atoms with van der Waals surface area (Å²) in [6, 6.07) is 7.36. The number of hydrogen-bond acceptors (Lipinski definition) is 3. The molecular formula is C14H10O3S. The Balaban J connectivity index is 2.11. The van der Waals surface area contributed by atoms with Crippen LogP contribution in [0.15, 0.2) is 53.0 Å². The van der Waals surface area contributed by atoms with Crippen LogP contribution in [0.4, 0.5) is 0 Å². The highest BCUT2D eigenvalue weighted by Gasteiger charge is 2.40. The van der Waals surface area contributed by atoms with Crippen molar-refractivity contribution in [3.8, 4) is 0 Å². The van der Waals surface area contributed by atoms with Gasteiger partial charge in [-0.05, 0) is 6.07 Å². The first-order chi connectivity index (χ1) is 8.68. The van der Waals surface area contributed by atoms with Crippen LogP contribution < -0.4 is 0 Å². The molecule has 1 aliphatic heterocycles. The van der Waals surface area contributed by atoms with E-state index in [1.165, 1.54) is 6.08 Å². The van der Waals surface area contributed by atoms with E-state index in [0.29, 0.717) is 5.56 Å². The molecule has 1 aromatic rings. The van der Waals surface area contributed by atoms with E-state index in [2.05, 4.69) is 0 Å². The molecule has 2 unspecified atom stereocenters. The Kier molecular flexibility index (Phi) is 2.59. The van der Waals surface area contributed by atoms with Gasteiger partial charge < -0.3 is 5.11 Å². The van der Waals surface area contributed by atoms with Crippen LogP contribution in [-0.2, 0) is 4.79 Å². The fourth-order valence-electron chi connectivity index (χ4n) is 2.35. The minimum absolute atomic E-state index is 0.0904. The second-order valence-electron chi connectivity index (χ2n) is 4.23. The Morgan fingerprint density at radius 2 is 2.06 bits per heavy atom. The molecule has 0 aromatic heterocycles. The number of carboxylic acids is 1. The lowest BCUT2D eigenvalue weighted by molar-refractivity contribution is -0.133. The van der Waals surface area contributed by atoms with Crippen LogP contribution in [0.5, 0.6) is 0 Å². The average Bonchev–Trinajstić information content (AvgIpc) is 2.38. The fraction of sp³-hybridized carbons (Fsp3) is 0.143. The molecule has 18 heavy (non-hydrogen) atoms. The van der Waals surface area contributed by atoms with Gasteiger partial charge >= 0.3 is 5.97 Å². The predicted molar refractivity (Wildman–Crippen MR) is 68.8 cm³/mol.